The fourth-order valence-electron chi connectivity index (χ4n) is 2.33. The van der Waals surface area contributed by atoms with E-state index >= 15 is 0 Å². The van der Waals surface area contributed by atoms with Gasteiger partial charge in [-0.05, 0) is 64.6 Å². The summed E-state index contributed by atoms with van der Waals surface area (Å²) in [6, 6.07) is 21.6. The second kappa shape index (κ2) is 13.7. The van der Waals surface area contributed by atoms with Gasteiger partial charge in [-0.2, -0.15) is 0 Å². The van der Waals surface area contributed by atoms with Crippen molar-refractivity contribution in [2.75, 3.05) is 0 Å². The first-order chi connectivity index (χ1) is 14.9. The molecule has 31 heavy (non-hydrogen) atoms. The Morgan fingerprint density at radius 2 is 1.19 bits per heavy atom. The molecule has 7 heteroatoms. The van der Waals surface area contributed by atoms with Crippen molar-refractivity contribution in [2.24, 2.45) is 0 Å². The van der Waals surface area contributed by atoms with Gasteiger partial charge in [0.15, 0.2) is 0 Å². The molecule has 2 nitrogen and oxygen atoms in total. The number of halogens is 3. The predicted molar refractivity (Wildman–Crippen MR) is 138 cm³/mol. The first-order valence-electron chi connectivity index (χ1n) is 9.15. The van der Waals surface area contributed by atoms with Crippen molar-refractivity contribution in [3.05, 3.63) is 122 Å². The van der Waals surface area contributed by atoms with Crippen LogP contribution in [0.25, 0.3) is 6.08 Å². The van der Waals surface area contributed by atoms with Crippen molar-refractivity contribution < 1.29 is 12.8 Å². The fraction of sp³-hybridized carbons (Fsp3) is 0.0833. The van der Waals surface area contributed by atoms with Crippen molar-refractivity contribution in [1.82, 2.24) is 0 Å². The third kappa shape index (κ3) is 10.5. The van der Waals surface area contributed by atoms with Gasteiger partial charge in [-0.1, -0.05) is 74.8 Å². The minimum Gasteiger partial charge on any atom is -0.255 e. The zero-order valence-corrected chi connectivity index (χ0v) is 21.4. The molecule has 0 heterocycles. The Bertz CT molecular complexity index is 1050. The lowest BCUT2D eigenvalue weighted by Gasteiger charge is -1.98. The molecule has 0 bridgehead atoms. The highest BCUT2D eigenvalue weighted by atomic mass is 79.9. The van der Waals surface area contributed by atoms with Crippen LogP contribution in [0.1, 0.15) is 16.7 Å². The van der Waals surface area contributed by atoms with Crippen LogP contribution in [0.15, 0.2) is 99.1 Å². The van der Waals surface area contributed by atoms with Gasteiger partial charge in [0.1, 0.15) is 5.82 Å². The van der Waals surface area contributed by atoms with Gasteiger partial charge in [-0.3, -0.25) is 8.42 Å². The molecule has 0 saturated carbocycles. The molecule has 162 valence electrons. The van der Waals surface area contributed by atoms with E-state index in [1.165, 1.54) is 17.5 Å². The minimum absolute atomic E-state index is 0.278. The van der Waals surface area contributed by atoms with Crippen LogP contribution in [-0.2, 0) is 33.1 Å². The first kappa shape index (κ1) is 25.6. The van der Waals surface area contributed by atoms with Gasteiger partial charge in [0.05, 0.1) is 22.3 Å². The number of benzene rings is 3. The summed E-state index contributed by atoms with van der Waals surface area (Å²) in [5, 5.41) is 3.12. The van der Waals surface area contributed by atoms with Gasteiger partial charge < -0.3 is 0 Å². The summed E-state index contributed by atoms with van der Waals surface area (Å²) >= 11 is 6.69. The van der Waals surface area contributed by atoms with E-state index in [9.17, 15) is 12.8 Å². The third-order valence-electron chi connectivity index (χ3n) is 3.91. The lowest BCUT2D eigenvalue weighted by molar-refractivity contribution is 0.627. The van der Waals surface area contributed by atoms with Crippen molar-refractivity contribution in [3.63, 3.8) is 0 Å². The molecule has 0 aliphatic heterocycles. The Kier molecular flexibility index (Phi) is 11.3. The largest absolute Gasteiger partial charge is 0.255 e. The van der Waals surface area contributed by atoms with Crippen LogP contribution >= 0.6 is 31.9 Å². The Morgan fingerprint density at radius 1 is 0.742 bits per heavy atom. The average Bonchev–Trinajstić information content (AvgIpc) is 2.77. The Morgan fingerprint density at radius 3 is 1.71 bits per heavy atom. The topological polar surface area (TPSA) is 34.1 Å². The van der Waals surface area contributed by atoms with Crippen LogP contribution in [0, 0.1) is 5.82 Å². The van der Waals surface area contributed by atoms with E-state index in [0.717, 1.165) is 25.6 Å². The number of hydrogen-bond acceptors (Lipinski definition) is 2. The molecule has 3 aromatic rings. The standard InChI is InChI=1S/C15H12BrFOS.C9H9BrOS/c16-14-5-1-12(2-6-14)9-10-19(18)11-13-3-7-15(17)8-4-13;1-2-12(11)7-8-3-5-9(10)6-4-8/h1-10H,11H2;2-6H,1,7H2. The highest BCUT2D eigenvalue weighted by Crippen LogP contribution is 2.13. The number of hydrogen-bond donors (Lipinski definition) is 0. The van der Waals surface area contributed by atoms with Crippen LogP contribution in [0.2, 0.25) is 0 Å². The normalized spacial score (nSPS) is 12.6. The zero-order valence-electron chi connectivity index (χ0n) is 16.5. The quantitative estimate of drug-likeness (QED) is 0.291. The molecule has 2 unspecified atom stereocenters. The Balaban J connectivity index is 0.000000245. The summed E-state index contributed by atoms with van der Waals surface area (Å²) in [4.78, 5) is 0. The molecule has 0 N–H and O–H groups in total. The van der Waals surface area contributed by atoms with Crippen molar-refractivity contribution >= 4 is 59.5 Å². The fourth-order valence-corrected chi connectivity index (χ4v) is 4.42. The maximum atomic E-state index is 12.7. The smallest absolute Gasteiger partial charge is 0.123 e. The number of rotatable bonds is 7. The van der Waals surface area contributed by atoms with Gasteiger partial charge in [-0.25, -0.2) is 4.39 Å². The van der Waals surface area contributed by atoms with Crippen molar-refractivity contribution in [2.45, 2.75) is 11.5 Å². The molecule has 2 atom stereocenters. The monoisotopic (exact) mass is 582 g/mol. The van der Waals surface area contributed by atoms with E-state index in [2.05, 4.69) is 38.4 Å². The van der Waals surface area contributed by atoms with Gasteiger partial charge in [0, 0.05) is 25.2 Å². The molecule has 3 aromatic carbocycles. The minimum atomic E-state index is -1.10. The molecule has 3 rings (SSSR count). The summed E-state index contributed by atoms with van der Waals surface area (Å²) < 4.78 is 37.7. The molecule has 0 saturated heterocycles. The van der Waals surface area contributed by atoms with Crippen molar-refractivity contribution in [1.29, 1.82) is 0 Å². The molecule has 0 fully saturated rings. The maximum absolute atomic E-state index is 12.7. The van der Waals surface area contributed by atoms with Crippen LogP contribution < -0.4 is 0 Å². The molecule has 0 aliphatic rings. The van der Waals surface area contributed by atoms with Crippen LogP contribution in [0.5, 0.6) is 0 Å². The summed E-state index contributed by atoms with van der Waals surface area (Å²) in [5.41, 5.74) is 2.92. The summed E-state index contributed by atoms with van der Waals surface area (Å²) in [6.45, 7) is 3.46. The molecule has 0 aromatic heterocycles. The van der Waals surface area contributed by atoms with E-state index < -0.39 is 21.6 Å². The van der Waals surface area contributed by atoms with Crippen LogP contribution in [-0.4, -0.2) is 8.42 Å². The predicted octanol–water partition coefficient (Wildman–Crippen LogP) is 7.35. The zero-order chi connectivity index (χ0) is 22.6. The lowest BCUT2D eigenvalue weighted by atomic mass is 10.2. The SMILES string of the molecule is C=CS(=O)Cc1ccc(Br)cc1.O=S(C=Cc1ccc(Br)cc1)Cc1ccc(F)cc1. The Hall–Kier alpha value is -1.67. The van der Waals surface area contributed by atoms with Gasteiger partial charge in [0.25, 0.3) is 0 Å². The highest BCUT2D eigenvalue weighted by molar-refractivity contribution is 9.10. The maximum Gasteiger partial charge on any atom is 0.123 e. The molecular formula is C24H21Br2FO2S2. The van der Waals surface area contributed by atoms with Crippen molar-refractivity contribution in [3.8, 4) is 0 Å². The van der Waals surface area contributed by atoms with E-state index in [4.69, 9.17) is 0 Å². The van der Waals surface area contributed by atoms with E-state index in [1.54, 1.807) is 17.5 Å². The third-order valence-corrected chi connectivity index (χ3v) is 7.02. The second-order valence-electron chi connectivity index (χ2n) is 6.32. The summed E-state index contributed by atoms with van der Waals surface area (Å²) in [7, 11) is -2.03. The molecule has 0 radical (unpaired) electrons. The highest BCUT2D eigenvalue weighted by Gasteiger charge is 1.99. The van der Waals surface area contributed by atoms with Crippen LogP contribution in [0.4, 0.5) is 4.39 Å². The lowest BCUT2D eigenvalue weighted by Crippen LogP contribution is -1.91. The average molecular weight is 584 g/mol. The summed E-state index contributed by atoms with van der Waals surface area (Å²) in [6.07, 6.45) is 1.83. The van der Waals surface area contributed by atoms with E-state index in [0.29, 0.717) is 11.5 Å². The van der Waals surface area contributed by atoms with Gasteiger partial charge >= 0.3 is 0 Å². The molecule has 0 aliphatic carbocycles. The van der Waals surface area contributed by atoms with Gasteiger partial charge in [-0.15, -0.1) is 0 Å². The van der Waals surface area contributed by atoms with E-state index in [1.807, 2.05) is 54.6 Å². The Labute approximate surface area is 204 Å². The van der Waals surface area contributed by atoms with Gasteiger partial charge in [0.2, 0.25) is 0 Å². The van der Waals surface area contributed by atoms with Crippen LogP contribution in [0.3, 0.4) is 0 Å². The van der Waals surface area contributed by atoms with E-state index in [-0.39, 0.29) is 5.82 Å². The first-order valence-corrected chi connectivity index (χ1v) is 13.5. The molecule has 0 spiro atoms. The molecular weight excluding hydrogens is 563 g/mol. The second-order valence-corrected chi connectivity index (χ2v) is 10.9. The summed E-state index contributed by atoms with van der Waals surface area (Å²) in [5.74, 6) is 0.671. The molecule has 0 amide bonds.